The van der Waals surface area contributed by atoms with E-state index in [2.05, 4.69) is 0 Å². The Hall–Kier alpha value is -2.10. The summed E-state index contributed by atoms with van der Waals surface area (Å²) in [5, 5.41) is 18.5. The second kappa shape index (κ2) is 5.02. The van der Waals surface area contributed by atoms with Crippen LogP contribution in [0.5, 0.6) is 11.5 Å². The minimum atomic E-state index is -4.76. The molecule has 0 bridgehead atoms. The van der Waals surface area contributed by atoms with Crippen LogP contribution in [-0.4, -0.2) is 31.6 Å². The minimum absolute atomic E-state index is 0.127. The Kier molecular flexibility index (Phi) is 3.66. The molecule has 0 spiro atoms. The molecule has 2 aromatic rings. The number of benzene rings is 2. The second-order valence-electron chi connectivity index (χ2n) is 4.10. The summed E-state index contributed by atoms with van der Waals surface area (Å²) < 4.78 is 55.7. The first-order chi connectivity index (χ1) is 9.62. The molecule has 0 fully saturated rings. The maximum absolute atomic E-state index is 12.3. The van der Waals surface area contributed by atoms with Gasteiger partial charge in [-0.3, -0.25) is 4.55 Å². The lowest BCUT2D eigenvalue weighted by Gasteiger charge is -2.07. The molecule has 0 aliphatic heterocycles. The lowest BCUT2D eigenvalue weighted by atomic mass is 10.3. The van der Waals surface area contributed by atoms with Gasteiger partial charge in [0.05, 0.1) is 9.79 Å². The third-order valence-corrected chi connectivity index (χ3v) is 5.32. The standard InChI is InChI=1S/C12H10O7S2/c13-8-1-3-9(4-2-8)20(15,16)10-5-6-11(14)12(7-10)21(17,18)19/h1-7,13-14H,(H,17,18,19). The van der Waals surface area contributed by atoms with Crippen molar-refractivity contribution in [3.8, 4) is 11.5 Å². The molecule has 0 amide bonds. The topological polar surface area (TPSA) is 129 Å². The number of rotatable bonds is 3. The molecule has 0 heterocycles. The quantitative estimate of drug-likeness (QED) is 0.720. The van der Waals surface area contributed by atoms with Crippen molar-refractivity contribution in [1.29, 1.82) is 0 Å². The Morgan fingerprint density at radius 2 is 1.29 bits per heavy atom. The zero-order chi connectivity index (χ0) is 15.8. The van der Waals surface area contributed by atoms with Crippen molar-refractivity contribution in [2.24, 2.45) is 0 Å². The summed E-state index contributed by atoms with van der Waals surface area (Å²) in [5.41, 5.74) is 0. The van der Waals surface area contributed by atoms with Crippen LogP contribution in [0.25, 0.3) is 0 Å². The average Bonchev–Trinajstić information content (AvgIpc) is 2.38. The van der Waals surface area contributed by atoms with Crippen molar-refractivity contribution in [2.45, 2.75) is 14.7 Å². The number of hydrogen-bond acceptors (Lipinski definition) is 6. The molecule has 9 heteroatoms. The molecule has 0 aliphatic rings. The molecule has 2 aromatic carbocycles. The molecule has 0 atom stereocenters. The van der Waals surface area contributed by atoms with E-state index in [4.69, 9.17) is 9.66 Å². The molecule has 0 aromatic heterocycles. The van der Waals surface area contributed by atoms with E-state index < -0.39 is 35.5 Å². The van der Waals surface area contributed by atoms with Gasteiger partial charge in [0.15, 0.2) is 0 Å². The lowest BCUT2D eigenvalue weighted by Crippen LogP contribution is -2.05. The molecule has 0 aliphatic carbocycles. The summed E-state index contributed by atoms with van der Waals surface area (Å²) in [6.45, 7) is 0. The van der Waals surface area contributed by atoms with Gasteiger partial charge in [-0.1, -0.05) is 0 Å². The Balaban J connectivity index is 2.64. The van der Waals surface area contributed by atoms with E-state index in [0.717, 1.165) is 36.4 Å². The van der Waals surface area contributed by atoms with E-state index in [0.29, 0.717) is 6.07 Å². The van der Waals surface area contributed by atoms with Crippen LogP contribution in [0.4, 0.5) is 0 Å². The van der Waals surface area contributed by atoms with Gasteiger partial charge in [0, 0.05) is 0 Å². The summed E-state index contributed by atoms with van der Waals surface area (Å²) in [4.78, 5) is -1.49. The molecular formula is C12H10O7S2. The average molecular weight is 330 g/mol. The van der Waals surface area contributed by atoms with Crippen LogP contribution in [0.3, 0.4) is 0 Å². The van der Waals surface area contributed by atoms with E-state index in [9.17, 15) is 21.9 Å². The molecule has 0 saturated carbocycles. The number of aromatic hydroxyl groups is 2. The lowest BCUT2D eigenvalue weighted by molar-refractivity contribution is 0.442. The highest BCUT2D eigenvalue weighted by Crippen LogP contribution is 2.29. The van der Waals surface area contributed by atoms with Gasteiger partial charge >= 0.3 is 0 Å². The van der Waals surface area contributed by atoms with E-state index in [1.165, 1.54) is 0 Å². The van der Waals surface area contributed by atoms with Crippen LogP contribution >= 0.6 is 0 Å². The Bertz CT molecular complexity index is 882. The van der Waals surface area contributed by atoms with Gasteiger partial charge in [0.2, 0.25) is 9.84 Å². The van der Waals surface area contributed by atoms with Crippen molar-refractivity contribution in [3.63, 3.8) is 0 Å². The monoisotopic (exact) mass is 330 g/mol. The summed E-state index contributed by atoms with van der Waals surface area (Å²) in [7, 11) is -8.81. The Morgan fingerprint density at radius 3 is 1.81 bits per heavy atom. The molecule has 112 valence electrons. The molecule has 0 saturated heterocycles. The first-order valence-corrected chi connectivity index (χ1v) is 8.39. The van der Waals surface area contributed by atoms with Gasteiger partial charge in [-0.25, -0.2) is 8.42 Å². The molecule has 3 N–H and O–H groups in total. The van der Waals surface area contributed by atoms with E-state index in [1.54, 1.807) is 0 Å². The summed E-state index contributed by atoms with van der Waals surface area (Å²) in [5.74, 6) is -0.888. The summed E-state index contributed by atoms with van der Waals surface area (Å²) in [6.07, 6.45) is 0. The molecular weight excluding hydrogens is 320 g/mol. The van der Waals surface area contributed by atoms with Crippen LogP contribution in [-0.2, 0) is 20.0 Å². The molecule has 0 unspecified atom stereocenters. The first-order valence-electron chi connectivity index (χ1n) is 5.47. The van der Waals surface area contributed by atoms with Gasteiger partial charge in [0.25, 0.3) is 10.1 Å². The highest BCUT2D eigenvalue weighted by molar-refractivity contribution is 7.91. The predicted octanol–water partition coefficient (Wildman–Crippen LogP) is 1.18. The fraction of sp³-hybridized carbons (Fsp3) is 0. The Labute approximate surface area is 120 Å². The van der Waals surface area contributed by atoms with Crippen LogP contribution in [0.15, 0.2) is 57.2 Å². The van der Waals surface area contributed by atoms with Crippen LogP contribution < -0.4 is 0 Å². The molecule has 0 radical (unpaired) electrons. The van der Waals surface area contributed by atoms with Crippen molar-refractivity contribution in [3.05, 3.63) is 42.5 Å². The maximum atomic E-state index is 12.3. The largest absolute Gasteiger partial charge is 0.508 e. The normalized spacial score (nSPS) is 12.2. The van der Waals surface area contributed by atoms with Crippen LogP contribution in [0.2, 0.25) is 0 Å². The van der Waals surface area contributed by atoms with Crippen molar-refractivity contribution >= 4 is 20.0 Å². The van der Waals surface area contributed by atoms with Gasteiger partial charge in [-0.2, -0.15) is 8.42 Å². The third-order valence-electron chi connectivity index (χ3n) is 2.67. The second-order valence-corrected chi connectivity index (χ2v) is 7.44. The fourth-order valence-corrected chi connectivity index (χ4v) is 3.60. The number of phenolic OH excluding ortho intramolecular Hbond substituents is 2. The van der Waals surface area contributed by atoms with Gasteiger partial charge in [-0.05, 0) is 42.5 Å². The zero-order valence-electron chi connectivity index (χ0n) is 10.3. The van der Waals surface area contributed by atoms with Gasteiger partial charge < -0.3 is 10.2 Å². The van der Waals surface area contributed by atoms with Crippen molar-refractivity contribution in [1.82, 2.24) is 0 Å². The zero-order valence-corrected chi connectivity index (χ0v) is 12.0. The predicted molar refractivity (Wildman–Crippen MR) is 71.5 cm³/mol. The number of hydrogen-bond donors (Lipinski definition) is 3. The molecule has 7 nitrogen and oxygen atoms in total. The van der Waals surface area contributed by atoms with Crippen molar-refractivity contribution in [2.75, 3.05) is 0 Å². The van der Waals surface area contributed by atoms with Crippen LogP contribution in [0.1, 0.15) is 0 Å². The SMILES string of the molecule is O=S(=O)(O)c1cc(S(=O)(=O)c2ccc(O)cc2)ccc1O. The third kappa shape index (κ3) is 2.99. The van der Waals surface area contributed by atoms with Gasteiger partial charge in [-0.15, -0.1) is 0 Å². The number of phenols is 2. The molecule has 21 heavy (non-hydrogen) atoms. The minimum Gasteiger partial charge on any atom is -0.508 e. The van der Waals surface area contributed by atoms with E-state index in [1.807, 2.05) is 0 Å². The summed E-state index contributed by atoms with van der Waals surface area (Å²) >= 11 is 0. The highest BCUT2D eigenvalue weighted by Gasteiger charge is 2.23. The van der Waals surface area contributed by atoms with Crippen LogP contribution in [0, 0.1) is 0 Å². The fourth-order valence-electron chi connectivity index (χ4n) is 1.63. The van der Waals surface area contributed by atoms with E-state index >= 15 is 0 Å². The Morgan fingerprint density at radius 1 is 0.762 bits per heavy atom. The first kappa shape index (κ1) is 15.3. The number of sulfone groups is 1. The maximum Gasteiger partial charge on any atom is 0.298 e. The van der Waals surface area contributed by atoms with Crippen molar-refractivity contribution < 1.29 is 31.6 Å². The smallest absolute Gasteiger partial charge is 0.298 e. The van der Waals surface area contributed by atoms with E-state index in [-0.39, 0.29) is 10.6 Å². The highest BCUT2D eigenvalue weighted by atomic mass is 32.2. The van der Waals surface area contributed by atoms with Gasteiger partial charge in [0.1, 0.15) is 16.4 Å². The summed E-state index contributed by atoms with van der Waals surface area (Å²) in [6, 6.07) is 7.14. The molecule has 2 rings (SSSR count).